The van der Waals surface area contributed by atoms with Gasteiger partial charge in [0.1, 0.15) is 11.6 Å². The maximum absolute atomic E-state index is 13.0. The number of anilines is 2. The fraction of sp³-hybridized carbons (Fsp3) is 0.0769. The smallest absolute Gasteiger partial charge is 0.176 e. The van der Waals surface area contributed by atoms with Crippen LogP contribution >= 0.6 is 23.8 Å². The highest BCUT2D eigenvalue weighted by Crippen LogP contribution is 2.19. The molecule has 0 bridgehead atoms. The Morgan fingerprint density at radius 3 is 2.79 bits per heavy atom. The quantitative estimate of drug-likeness (QED) is 0.822. The molecule has 3 nitrogen and oxygen atoms in total. The number of aryl methyl sites for hydroxylation is 1. The molecule has 0 aliphatic heterocycles. The average molecular weight is 296 g/mol. The average Bonchev–Trinajstić information content (AvgIpc) is 2.37. The third-order valence-electron chi connectivity index (χ3n) is 2.42. The third kappa shape index (κ3) is 3.62. The molecular formula is C13H11ClFN3S. The van der Waals surface area contributed by atoms with Gasteiger partial charge in [0.15, 0.2) is 5.11 Å². The van der Waals surface area contributed by atoms with Crippen LogP contribution in [0.25, 0.3) is 0 Å². The molecule has 1 aromatic heterocycles. The van der Waals surface area contributed by atoms with Gasteiger partial charge in [-0.15, -0.1) is 0 Å². The number of rotatable bonds is 2. The van der Waals surface area contributed by atoms with Gasteiger partial charge < -0.3 is 10.6 Å². The SMILES string of the molecule is Cc1cccnc1NC(=S)Nc1ccc(F)c(Cl)c1. The van der Waals surface area contributed by atoms with Crippen molar-refractivity contribution < 1.29 is 4.39 Å². The Balaban J connectivity index is 2.05. The summed E-state index contributed by atoms with van der Waals surface area (Å²) in [6, 6.07) is 8.07. The predicted octanol–water partition coefficient (Wildman–Crippen LogP) is 3.99. The Bertz CT molecular complexity index is 619. The number of aromatic nitrogens is 1. The van der Waals surface area contributed by atoms with E-state index in [1.54, 1.807) is 12.3 Å². The van der Waals surface area contributed by atoms with E-state index < -0.39 is 5.82 Å². The molecule has 0 fully saturated rings. The minimum absolute atomic E-state index is 0.0433. The summed E-state index contributed by atoms with van der Waals surface area (Å²) in [5.41, 5.74) is 1.58. The number of thiocarbonyl (C=S) groups is 1. The Labute approximate surface area is 120 Å². The lowest BCUT2D eigenvalue weighted by atomic mass is 10.3. The van der Waals surface area contributed by atoms with E-state index in [4.69, 9.17) is 23.8 Å². The van der Waals surface area contributed by atoms with Gasteiger partial charge in [-0.1, -0.05) is 17.7 Å². The molecule has 0 saturated carbocycles. The van der Waals surface area contributed by atoms with E-state index in [-0.39, 0.29) is 5.02 Å². The second kappa shape index (κ2) is 5.95. The molecule has 6 heteroatoms. The second-order valence-electron chi connectivity index (χ2n) is 3.88. The van der Waals surface area contributed by atoms with Crippen molar-refractivity contribution in [2.24, 2.45) is 0 Å². The van der Waals surface area contributed by atoms with E-state index in [1.807, 2.05) is 19.1 Å². The Kier molecular flexibility index (Phi) is 4.29. The summed E-state index contributed by atoms with van der Waals surface area (Å²) in [6.45, 7) is 1.92. The highest BCUT2D eigenvalue weighted by atomic mass is 35.5. The van der Waals surface area contributed by atoms with Crippen molar-refractivity contribution >= 4 is 40.4 Å². The molecule has 0 unspecified atom stereocenters. The summed E-state index contributed by atoms with van der Waals surface area (Å²) < 4.78 is 13.0. The molecule has 2 N–H and O–H groups in total. The lowest BCUT2D eigenvalue weighted by Gasteiger charge is -2.11. The molecule has 0 spiro atoms. The Morgan fingerprint density at radius 1 is 1.32 bits per heavy atom. The zero-order chi connectivity index (χ0) is 13.8. The predicted molar refractivity (Wildman–Crippen MR) is 80.2 cm³/mol. The van der Waals surface area contributed by atoms with Crippen LogP contribution in [0.4, 0.5) is 15.9 Å². The van der Waals surface area contributed by atoms with Crippen molar-refractivity contribution in [2.75, 3.05) is 10.6 Å². The third-order valence-corrected chi connectivity index (χ3v) is 2.91. The highest BCUT2D eigenvalue weighted by molar-refractivity contribution is 7.80. The van der Waals surface area contributed by atoms with Crippen LogP contribution in [0.2, 0.25) is 5.02 Å². The molecule has 19 heavy (non-hydrogen) atoms. The van der Waals surface area contributed by atoms with E-state index in [0.29, 0.717) is 16.6 Å². The number of nitrogens with one attached hydrogen (secondary N) is 2. The molecule has 0 aliphatic carbocycles. The minimum atomic E-state index is -0.466. The summed E-state index contributed by atoms with van der Waals surface area (Å²) >= 11 is 10.8. The van der Waals surface area contributed by atoms with Gasteiger partial charge in [0.2, 0.25) is 0 Å². The molecule has 0 radical (unpaired) electrons. The fourth-order valence-corrected chi connectivity index (χ4v) is 1.86. The van der Waals surface area contributed by atoms with Gasteiger partial charge in [-0.2, -0.15) is 0 Å². The summed E-state index contributed by atoms with van der Waals surface area (Å²) in [5.74, 6) is 0.208. The topological polar surface area (TPSA) is 37.0 Å². The second-order valence-corrected chi connectivity index (χ2v) is 4.69. The Hall–Kier alpha value is -1.72. The van der Waals surface area contributed by atoms with Gasteiger partial charge in [-0.05, 0) is 49.0 Å². The molecule has 2 aromatic rings. The lowest BCUT2D eigenvalue weighted by Crippen LogP contribution is -2.20. The van der Waals surface area contributed by atoms with Crippen molar-refractivity contribution in [3.05, 3.63) is 52.9 Å². The molecule has 0 atom stereocenters. The van der Waals surface area contributed by atoms with Crippen molar-refractivity contribution in [1.82, 2.24) is 4.98 Å². The fourth-order valence-electron chi connectivity index (χ4n) is 1.46. The number of halogens is 2. The number of nitrogens with zero attached hydrogens (tertiary/aromatic N) is 1. The summed E-state index contributed by atoms with van der Waals surface area (Å²) in [4.78, 5) is 4.17. The van der Waals surface area contributed by atoms with Gasteiger partial charge >= 0.3 is 0 Å². The van der Waals surface area contributed by atoms with Crippen LogP contribution < -0.4 is 10.6 Å². The van der Waals surface area contributed by atoms with Crippen LogP contribution in [0.5, 0.6) is 0 Å². The van der Waals surface area contributed by atoms with Crippen LogP contribution in [0.15, 0.2) is 36.5 Å². The standard InChI is InChI=1S/C13H11ClFN3S/c1-8-3-2-6-16-12(8)18-13(19)17-9-4-5-11(15)10(14)7-9/h2-7H,1H3,(H2,16,17,18,19). The van der Waals surface area contributed by atoms with Gasteiger partial charge in [0, 0.05) is 11.9 Å². The molecular weight excluding hydrogens is 285 g/mol. The van der Waals surface area contributed by atoms with Crippen LogP contribution in [-0.4, -0.2) is 10.1 Å². The van der Waals surface area contributed by atoms with Crippen molar-refractivity contribution in [3.63, 3.8) is 0 Å². The maximum atomic E-state index is 13.0. The maximum Gasteiger partial charge on any atom is 0.176 e. The number of hydrogen-bond acceptors (Lipinski definition) is 2. The largest absolute Gasteiger partial charge is 0.332 e. The Morgan fingerprint density at radius 2 is 2.11 bits per heavy atom. The van der Waals surface area contributed by atoms with E-state index in [1.165, 1.54) is 12.1 Å². The monoisotopic (exact) mass is 295 g/mol. The van der Waals surface area contributed by atoms with Gasteiger partial charge in [-0.3, -0.25) is 0 Å². The van der Waals surface area contributed by atoms with Crippen LogP contribution in [0.1, 0.15) is 5.56 Å². The molecule has 2 rings (SSSR count). The van der Waals surface area contributed by atoms with E-state index >= 15 is 0 Å². The van der Waals surface area contributed by atoms with Gasteiger partial charge in [0.05, 0.1) is 5.02 Å². The lowest BCUT2D eigenvalue weighted by molar-refractivity contribution is 0.628. The first-order valence-corrected chi connectivity index (χ1v) is 6.29. The normalized spacial score (nSPS) is 10.1. The van der Waals surface area contributed by atoms with Crippen molar-refractivity contribution in [1.29, 1.82) is 0 Å². The van der Waals surface area contributed by atoms with Crippen LogP contribution in [-0.2, 0) is 0 Å². The molecule has 98 valence electrons. The number of hydrogen-bond donors (Lipinski definition) is 2. The highest BCUT2D eigenvalue weighted by Gasteiger charge is 2.04. The van der Waals surface area contributed by atoms with E-state index in [9.17, 15) is 4.39 Å². The van der Waals surface area contributed by atoms with Crippen LogP contribution in [0, 0.1) is 12.7 Å². The van der Waals surface area contributed by atoms with Gasteiger partial charge in [-0.25, -0.2) is 9.37 Å². The number of pyridine rings is 1. The first-order valence-electron chi connectivity index (χ1n) is 5.51. The van der Waals surface area contributed by atoms with E-state index in [0.717, 1.165) is 5.56 Å². The van der Waals surface area contributed by atoms with Gasteiger partial charge in [0.25, 0.3) is 0 Å². The molecule has 0 saturated heterocycles. The summed E-state index contributed by atoms with van der Waals surface area (Å²) in [5, 5.41) is 6.29. The molecule has 0 amide bonds. The first kappa shape index (κ1) is 13.7. The zero-order valence-electron chi connectivity index (χ0n) is 10.1. The summed E-state index contributed by atoms with van der Waals surface area (Å²) in [6.07, 6.45) is 1.67. The van der Waals surface area contributed by atoms with E-state index in [2.05, 4.69) is 15.6 Å². The molecule has 0 aliphatic rings. The van der Waals surface area contributed by atoms with Crippen molar-refractivity contribution in [3.8, 4) is 0 Å². The first-order chi connectivity index (χ1) is 9.06. The zero-order valence-corrected chi connectivity index (χ0v) is 11.6. The number of benzene rings is 1. The summed E-state index contributed by atoms with van der Waals surface area (Å²) in [7, 11) is 0. The van der Waals surface area contributed by atoms with Crippen molar-refractivity contribution in [2.45, 2.75) is 6.92 Å². The van der Waals surface area contributed by atoms with Crippen LogP contribution in [0.3, 0.4) is 0 Å². The molecule has 1 aromatic carbocycles. The molecule has 1 heterocycles. The minimum Gasteiger partial charge on any atom is -0.332 e.